The number of hydrogen-bond donors (Lipinski definition) is 3. The van der Waals surface area contributed by atoms with Crippen molar-refractivity contribution in [1.82, 2.24) is 15.7 Å². The first-order chi connectivity index (χ1) is 16.8. The van der Waals surface area contributed by atoms with Crippen LogP contribution in [0.1, 0.15) is 37.4 Å². The summed E-state index contributed by atoms with van der Waals surface area (Å²) in [6.07, 6.45) is 3.31. The second-order valence-corrected chi connectivity index (χ2v) is 10.2. The Morgan fingerprint density at radius 2 is 1.69 bits per heavy atom. The quantitative estimate of drug-likeness (QED) is 0.197. The highest BCUT2D eigenvalue weighted by Crippen LogP contribution is 2.38. The molecule has 0 unspecified atom stereocenters. The number of amides is 2. The molecule has 0 aliphatic carbocycles. The van der Waals surface area contributed by atoms with E-state index in [0.717, 1.165) is 38.7 Å². The van der Waals surface area contributed by atoms with Crippen LogP contribution in [0, 0.1) is 0 Å². The van der Waals surface area contributed by atoms with Crippen molar-refractivity contribution in [3.63, 3.8) is 0 Å². The van der Waals surface area contributed by atoms with Gasteiger partial charge in [-0.05, 0) is 60.5 Å². The molecule has 35 heavy (non-hydrogen) atoms. The Morgan fingerprint density at radius 1 is 0.971 bits per heavy atom. The standard InChI is InChI=1S/C24H18Cl2N4O3S2/c1-13(16-11-21(35-24(16)33)15-2-3-17(25)18(26)10-15)29-30-23(32)20-5-4-19(34-20)22(31)28-12-14-6-8-27-9-7-14/h2-11,33H,12H2,1H3,(H,28,31)(H,30,32). The number of benzene rings is 1. The molecule has 2 amide bonds. The van der Waals surface area contributed by atoms with Crippen molar-refractivity contribution in [2.24, 2.45) is 5.10 Å². The third-order valence-corrected chi connectivity index (χ3v) is 7.70. The van der Waals surface area contributed by atoms with Crippen molar-refractivity contribution in [2.75, 3.05) is 0 Å². The Balaban J connectivity index is 1.40. The lowest BCUT2D eigenvalue weighted by molar-refractivity contribution is 0.0950. The second kappa shape index (κ2) is 11.0. The van der Waals surface area contributed by atoms with Crippen molar-refractivity contribution in [1.29, 1.82) is 0 Å². The third kappa shape index (κ3) is 6.07. The van der Waals surface area contributed by atoms with Gasteiger partial charge in [-0.25, -0.2) is 5.43 Å². The van der Waals surface area contributed by atoms with Crippen LogP contribution in [-0.2, 0) is 6.54 Å². The average molecular weight is 545 g/mol. The molecule has 0 radical (unpaired) electrons. The normalized spacial score (nSPS) is 11.3. The fourth-order valence-electron chi connectivity index (χ4n) is 3.03. The molecule has 3 N–H and O–H groups in total. The summed E-state index contributed by atoms with van der Waals surface area (Å²) in [5.74, 6) is -0.731. The van der Waals surface area contributed by atoms with Crippen LogP contribution in [0.15, 0.2) is 66.0 Å². The number of rotatable bonds is 7. The lowest BCUT2D eigenvalue weighted by Crippen LogP contribution is -2.21. The maximum Gasteiger partial charge on any atom is 0.281 e. The van der Waals surface area contributed by atoms with E-state index in [-0.39, 0.29) is 11.0 Å². The van der Waals surface area contributed by atoms with Gasteiger partial charge in [0.05, 0.1) is 31.1 Å². The molecule has 0 aliphatic rings. The predicted molar refractivity (Wildman–Crippen MR) is 141 cm³/mol. The molecule has 178 valence electrons. The lowest BCUT2D eigenvalue weighted by Gasteiger charge is -2.03. The Labute approximate surface area is 219 Å². The number of nitrogens with one attached hydrogen (secondary N) is 2. The summed E-state index contributed by atoms with van der Waals surface area (Å²) in [4.78, 5) is 30.4. The SMILES string of the molecule is CC(=NNC(=O)c1ccc(C(=O)NCc2ccncc2)s1)c1cc(-c2ccc(Cl)c(Cl)c2)sc1O. The number of thiophene rings is 2. The van der Waals surface area contributed by atoms with Gasteiger partial charge in [-0.2, -0.15) is 5.10 Å². The molecule has 0 fully saturated rings. The number of halogens is 2. The van der Waals surface area contributed by atoms with Crippen LogP contribution in [0.25, 0.3) is 10.4 Å². The van der Waals surface area contributed by atoms with E-state index in [4.69, 9.17) is 23.2 Å². The Morgan fingerprint density at radius 3 is 2.40 bits per heavy atom. The molecule has 0 aliphatic heterocycles. The summed E-state index contributed by atoms with van der Waals surface area (Å²) in [6.45, 7) is 2.03. The number of aromatic hydroxyl groups is 1. The smallest absolute Gasteiger partial charge is 0.281 e. The zero-order chi connectivity index (χ0) is 24.9. The molecule has 3 heterocycles. The number of hydrazone groups is 1. The molecule has 0 atom stereocenters. The summed E-state index contributed by atoms with van der Waals surface area (Å²) in [5.41, 5.74) is 5.11. The summed E-state index contributed by atoms with van der Waals surface area (Å²) in [6, 6.07) is 13.8. The molecule has 0 saturated heterocycles. The highest BCUT2D eigenvalue weighted by molar-refractivity contribution is 7.17. The Hall–Kier alpha value is -3.24. The summed E-state index contributed by atoms with van der Waals surface area (Å²) >= 11 is 14.3. The maximum absolute atomic E-state index is 12.5. The first-order valence-corrected chi connectivity index (χ1v) is 12.6. The van der Waals surface area contributed by atoms with E-state index < -0.39 is 5.91 Å². The summed E-state index contributed by atoms with van der Waals surface area (Å²) in [7, 11) is 0. The van der Waals surface area contributed by atoms with Crippen molar-refractivity contribution in [2.45, 2.75) is 13.5 Å². The highest BCUT2D eigenvalue weighted by Gasteiger charge is 2.16. The van der Waals surface area contributed by atoms with E-state index in [0.29, 0.717) is 37.6 Å². The van der Waals surface area contributed by atoms with Gasteiger partial charge >= 0.3 is 0 Å². The third-order valence-electron chi connectivity index (χ3n) is 4.89. The topological polar surface area (TPSA) is 104 Å². The van der Waals surface area contributed by atoms with Crippen LogP contribution in [0.3, 0.4) is 0 Å². The van der Waals surface area contributed by atoms with Gasteiger partial charge in [0.2, 0.25) is 0 Å². The number of hydrogen-bond acceptors (Lipinski definition) is 7. The van der Waals surface area contributed by atoms with E-state index >= 15 is 0 Å². The molecular weight excluding hydrogens is 527 g/mol. The lowest BCUT2D eigenvalue weighted by atomic mass is 10.1. The zero-order valence-electron chi connectivity index (χ0n) is 18.2. The molecule has 4 aromatic rings. The fourth-order valence-corrected chi connectivity index (χ4v) is 5.09. The van der Waals surface area contributed by atoms with Gasteiger partial charge in [-0.15, -0.1) is 11.3 Å². The van der Waals surface area contributed by atoms with Crippen molar-refractivity contribution < 1.29 is 14.7 Å². The summed E-state index contributed by atoms with van der Waals surface area (Å²) in [5, 5.41) is 18.2. The molecule has 3 aromatic heterocycles. The Kier molecular flexibility index (Phi) is 7.82. The molecule has 4 rings (SSSR count). The second-order valence-electron chi connectivity index (χ2n) is 7.30. The van der Waals surface area contributed by atoms with Gasteiger partial charge in [0.15, 0.2) is 5.06 Å². The number of carbonyl (C=O) groups is 2. The minimum atomic E-state index is -0.457. The maximum atomic E-state index is 12.5. The minimum Gasteiger partial charge on any atom is -0.499 e. The molecular formula is C24H18Cl2N4O3S2. The van der Waals surface area contributed by atoms with Crippen molar-refractivity contribution >= 4 is 63.4 Å². The number of pyridine rings is 1. The van der Waals surface area contributed by atoms with Crippen LogP contribution < -0.4 is 10.7 Å². The molecule has 0 saturated carbocycles. The van der Waals surface area contributed by atoms with E-state index in [1.54, 1.807) is 55.7 Å². The fraction of sp³-hybridized carbons (Fsp3) is 0.0833. The van der Waals surface area contributed by atoms with Crippen LogP contribution in [0.2, 0.25) is 10.0 Å². The van der Waals surface area contributed by atoms with Crippen LogP contribution in [0.5, 0.6) is 5.06 Å². The van der Waals surface area contributed by atoms with Crippen molar-refractivity contribution in [3.8, 4) is 15.5 Å². The van der Waals surface area contributed by atoms with Crippen LogP contribution in [-0.4, -0.2) is 27.6 Å². The number of nitrogens with zero attached hydrogens (tertiary/aromatic N) is 2. The van der Waals surface area contributed by atoms with Gasteiger partial charge in [-0.1, -0.05) is 40.6 Å². The van der Waals surface area contributed by atoms with Crippen LogP contribution in [0.4, 0.5) is 0 Å². The first kappa shape index (κ1) is 24.9. The number of aromatic nitrogens is 1. The van der Waals surface area contributed by atoms with E-state index in [9.17, 15) is 14.7 Å². The van der Waals surface area contributed by atoms with E-state index in [1.165, 1.54) is 0 Å². The number of carbonyl (C=O) groups excluding carboxylic acids is 2. The zero-order valence-corrected chi connectivity index (χ0v) is 21.4. The highest BCUT2D eigenvalue weighted by atomic mass is 35.5. The molecule has 0 bridgehead atoms. The van der Waals surface area contributed by atoms with Gasteiger partial charge < -0.3 is 10.4 Å². The largest absolute Gasteiger partial charge is 0.499 e. The molecule has 1 aromatic carbocycles. The Bertz CT molecular complexity index is 1420. The van der Waals surface area contributed by atoms with E-state index in [2.05, 4.69) is 20.8 Å². The van der Waals surface area contributed by atoms with Crippen molar-refractivity contribution in [3.05, 3.63) is 91.9 Å². The van der Waals surface area contributed by atoms with Gasteiger partial charge in [0.25, 0.3) is 11.8 Å². The monoisotopic (exact) mass is 544 g/mol. The molecule has 11 heteroatoms. The van der Waals surface area contributed by atoms with Gasteiger partial charge in [0, 0.05) is 23.8 Å². The predicted octanol–water partition coefficient (Wildman–Crippen LogP) is 5.97. The minimum absolute atomic E-state index is 0.0610. The van der Waals surface area contributed by atoms with Gasteiger partial charge in [-0.3, -0.25) is 14.6 Å². The first-order valence-electron chi connectivity index (χ1n) is 10.2. The van der Waals surface area contributed by atoms with Gasteiger partial charge in [0.1, 0.15) is 0 Å². The average Bonchev–Trinajstić information content (AvgIpc) is 3.51. The molecule has 0 spiro atoms. The van der Waals surface area contributed by atoms with E-state index in [1.807, 2.05) is 12.1 Å². The summed E-state index contributed by atoms with van der Waals surface area (Å²) < 4.78 is 0. The molecule has 7 nitrogen and oxygen atoms in total. The van der Waals surface area contributed by atoms with Crippen LogP contribution >= 0.6 is 45.9 Å².